The molecule has 1 rings (SSSR count). The Morgan fingerprint density at radius 1 is 1.44 bits per heavy atom. The van der Waals surface area contributed by atoms with Gasteiger partial charge in [-0.15, -0.1) is 0 Å². The van der Waals surface area contributed by atoms with Gasteiger partial charge in [-0.3, -0.25) is 4.79 Å². The molecule has 98 valence electrons. The zero-order valence-corrected chi connectivity index (χ0v) is 12.8. The Morgan fingerprint density at radius 3 is 2.67 bits per heavy atom. The Labute approximate surface area is 117 Å². The molecular weight excluding hydrogens is 292 g/mol. The minimum atomic E-state index is -0.182. The van der Waals surface area contributed by atoms with E-state index in [9.17, 15) is 4.79 Å². The largest absolute Gasteiger partial charge is 0.271 e. The summed E-state index contributed by atoms with van der Waals surface area (Å²) in [6.45, 7) is 8.15. The predicted molar refractivity (Wildman–Crippen MR) is 78.9 cm³/mol. The Morgan fingerprint density at radius 2 is 2.11 bits per heavy atom. The maximum absolute atomic E-state index is 11.9. The predicted octanol–water partition coefficient (Wildman–Crippen LogP) is 3.91. The van der Waals surface area contributed by atoms with Gasteiger partial charge in [-0.2, -0.15) is 5.10 Å². The normalized spacial score (nSPS) is 11.8. The van der Waals surface area contributed by atoms with Gasteiger partial charge in [0.15, 0.2) is 0 Å². The molecule has 0 fully saturated rings. The van der Waals surface area contributed by atoms with E-state index in [4.69, 9.17) is 0 Å². The van der Waals surface area contributed by atoms with Gasteiger partial charge in [-0.05, 0) is 43.9 Å². The molecule has 0 spiro atoms. The Balaban J connectivity index is 2.68. The fraction of sp³-hybridized carbons (Fsp3) is 0.429. The summed E-state index contributed by atoms with van der Waals surface area (Å²) in [6.07, 6.45) is 0.887. The van der Waals surface area contributed by atoms with Crippen LogP contribution in [0.4, 0.5) is 0 Å². The van der Waals surface area contributed by atoms with Crippen LogP contribution in [0, 0.1) is 12.8 Å². The second kappa shape index (κ2) is 6.69. The zero-order chi connectivity index (χ0) is 13.7. The summed E-state index contributed by atoms with van der Waals surface area (Å²) in [5.74, 6) is 0.359. The SMILES string of the molecule is CC(CC(C)C)=NNC(=O)c1ccc(C)c(Br)c1. The summed E-state index contributed by atoms with van der Waals surface area (Å²) < 4.78 is 0.929. The first-order valence-corrected chi connectivity index (χ1v) is 6.79. The summed E-state index contributed by atoms with van der Waals surface area (Å²) in [6, 6.07) is 5.50. The Hall–Kier alpha value is -1.16. The van der Waals surface area contributed by atoms with Crippen molar-refractivity contribution in [2.45, 2.75) is 34.1 Å². The van der Waals surface area contributed by atoms with Crippen LogP contribution in [0.1, 0.15) is 43.1 Å². The van der Waals surface area contributed by atoms with Crippen LogP contribution in [0.15, 0.2) is 27.8 Å². The Kier molecular flexibility index (Phi) is 5.54. The fourth-order valence-corrected chi connectivity index (χ4v) is 1.96. The third kappa shape index (κ3) is 4.61. The number of carbonyl (C=O) groups is 1. The van der Waals surface area contributed by atoms with Crippen LogP contribution in [-0.4, -0.2) is 11.6 Å². The van der Waals surface area contributed by atoms with Crippen molar-refractivity contribution >= 4 is 27.5 Å². The number of amides is 1. The highest BCUT2D eigenvalue weighted by Gasteiger charge is 2.06. The van der Waals surface area contributed by atoms with Crippen molar-refractivity contribution in [1.82, 2.24) is 5.43 Å². The van der Waals surface area contributed by atoms with Gasteiger partial charge in [0, 0.05) is 15.7 Å². The van der Waals surface area contributed by atoms with E-state index in [-0.39, 0.29) is 5.91 Å². The molecule has 0 aliphatic rings. The van der Waals surface area contributed by atoms with Gasteiger partial charge in [0.05, 0.1) is 0 Å². The molecule has 0 aliphatic carbocycles. The molecule has 0 saturated carbocycles. The van der Waals surface area contributed by atoms with Crippen molar-refractivity contribution in [3.8, 4) is 0 Å². The van der Waals surface area contributed by atoms with Crippen LogP contribution >= 0.6 is 15.9 Å². The average molecular weight is 311 g/mol. The number of nitrogens with one attached hydrogen (secondary N) is 1. The summed E-state index contributed by atoms with van der Waals surface area (Å²) in [7, 11) is 0. The molecule has 1 aromatic rings. The van der Waals surface area contributed by atoms with Crippen LogP contribution in [0.5, 0.6) is 0 Å². The molecule has 0 heterocycles. The minimum absolute atomic E-state index is 0.182. The molecule has 0 aromatic heterocycles. The lowest BCUT2D eigenvalue weighted by molar-refractivity contribution is 0.0954. The van der Waals surface area contributed by atoms with Gasteiger partial charge in [-0.1, -0.05) is 35.8 Å². The first kappa shape index (κ1) is 14.9. The molecule has 4 heteroatoms. The van der Waals surface area contributed by atoms with E-state index in [1.54, 1.807) is 12.1 Å². The number of benzene rings is 1. The minimum Gasteiger partial charge on any atom is -0.267 e. The lowest BCUT2D eigenvalue weighted by Gasteiger charge is -2.06. The monoisotopic (exact) mass is 310 g/mol. The number of nitrogens with zero attached hydrogens (tertiary/aromatic N) is 1. The fourth-order valence-electron chi connectivity index (χ4n) is 1.58. The molecule has 3 nitrogen and oxygen atoms in total. The number of carbonyl (C=O) groups excluding carboxylic acids is 1. The molecule has 0 radical (unpaired) electrons. The van der Waals surface area contributed by atoms with E-state index in [1.165, 1.54) is 0 Å². The molecule has 0 bridgehead atoms. The van der Waals surface area contributed by atoms with E-state index in [0.717, 1.165) is 22.2 Å². The second-order valence-corrected chi connectivity index (χ2v) is 5.70. The smallest absolute Gasteiger partial charge is 0.267 e. The standard InChI is InChI=1S/C14H19BrN2O/c1-9(2)7-11(4)16-17-14(18)12-6-5-10(3)13(15)8-12/h5-6,8-9H,7H2,1-4H3,(H,17,18). The summed E-state index contributed by atoms with van der Waals surface area (Å²) >= 11 is 3.41. The van der Waals surface area contributed by atoms with Gasteiger partial charge in [0.1, 0.15) is 0 Å². The van der Waals surface area contributed by atoms with Crippen molar-refractivity contribution in [2.75, 3.05) is 0 Å². The van der Waals surface area contributed by atoms with E-state index < -0.39 is 0 Å². The number of hydrogen-bond acceptors (Lipinski definition) is 2. The van der Waals surface area contributed by atoms with Crippen molar-refractivity contribution in [1.29, 1.82) is 0 Å². The maximum Gasteiger partial charge on any atom is 0.271 e. The third-order valence-electron chi connectivity index (χ3n) is 2.49. The van der Waals surface area contributed by atoms with E-state index >= 15 is 0 Å². The number of aryl methyl sites for hydroxylation is 1. The average Bonchev–Trinajstić information content (AvgIpc) is 2.28. The highest BCUT2D eigenvalue weighted by Crippen LogP contribution is 2.17. The molecule has 0 saturated heterocycles. The van der Waals surface area contributed by atoms with Crippen molar-refractivity contribution in [3.05, 3.63) is 33.8 Å². The van der Waals surface area contributed by atoms with Crippen LogP contribution in [0.25, 0.3) is 0 Å². The Bertz CT molecular complexity index is 467. The first-order chi connectivity index (χ1) is 8.40. The van der Waals surface area contributed by atoms with Gasteiger partial charge in [0.2, 0.25) is 0 Å². The first-order valence-electron chi connectivity index (χ1n) is 5.99. The molecule has 1 N–H and O–H groups in total. The molecule has 18 heavy (non-hydrogen) atoms. The highest BCUT2D eigenvalue weighted by molar-refractivity contribution is 9.10. The molecule has 1 amide bonds. The van der Waals surface area contributed by atoms with Crippen LogP contribution in [0.2, 0.25) is 0 Å². The second-order valence-electron chi connectivity index (χ2n) is 4.85. The van der Waals surface area contributed by atoms with Gasteiger partial charge in [0.25, 0.3) is 5.91 Å². The van der Waals surface area contributed by atoms with Crippen LogP contribution < -0.4 is 5.43 Å². The number of halogens is 1. The van der Waals surface area contributed by atoms with E-state index in [0.29, 0.717) is 11.5 Å². The van der Waals surface area contributed by atoms with Gasteiger partial charge < -0.3 is 0 Å². The summed E-state index contributed by atoms with van der Waals surface area (Å²) in [5, 5.41) is 4.09. The molecule has 0 atom stereocenters. The van der Waals surface area contributed by atoms with Crippen LogP contribution in [0.3, 0.4) is 0 Å². The van der Waals surface area contributed by atoms with Gasteiger partial charge in [-0.25, -0.2) is 5.43 Å². The van der Waals surface area contributed by atoms with Crippen LogP contribution in [-0.2, 0) is 0 Å². The third-order valence-corrected chi connectivity index (χ3v) is 3.34. The van der Waals surface area contributed by atoms with Gasteiger partial charge >= 0.3 is 0 Å². The lowest BCUT2D eigenvalue weighted by atomic mass is 10.1. The quantitative estimate of drug-likeness (QED) is 0.665. The van der Waals surface area contributed by atoms with E-state index in [1.807, 2.05) is 19.9 Å². The number of hydrogen-bond donors (Lipinski definition) is 1. The van der Waals surface area contributed by atoms with Crippen molar-refractivity contribution in [3.63, 3.8) is 0 Å². The van der Waals surface area contributed by atoms with E-state index in [2.05, 4.69) is 40.3 Å². The molecule has 0 aliphatic heterocycles. The topological polar surface area (TPSA) is 41.5 Å². The molecule has 0 unspecified atom stereocenters. The zero-order valence-electron chi connectivity index (χ0n) is 11.2. The number of rotatable bonds is 4. The number of hydrazone groups is 1. The highest BCUT2D eigenvalue weighted by atomic mass is 79.9. The summed E-state index contributed by atoms with van der Waals surface area (Å²) in [4.78, 5) is 11.9. The maximum atomic E-state index is 11.9. The summed E-state index contributed by atoms with van der Waals surface area (Å²) in [5.41, 5.74) is 5.22. The lowest BCUT2D eigenvalue weighted by Crippen LogP contribution is -2.19. The molecule has 1 aromatic carbocycles. The molecular formula is C14H19BrN2O. The van der Waals surface area contributed by atoms with Crippen molar-refractivity contribution in [2.24, 2.45) is 11.0 Å². The van der Waals surface area contributed by atoms with Crippen molar-refractivity contribution < 1.29 is 4.79 Å².